The van der Waals surface area contributed by atoms with Gasteiger partial charge in [0.1, 0.15) is 6.04 Å². The average Bonchev–Trinajstić information content (AvgIpc) is 2.46. The first kappa shape index (κ1) is 10.8. The van der Waals surface area contributed by atoms with E-state index in [4.69, 9.17) is 5.11 Å². The fraction of sp³-hybridized carbons (Fsp3) is 0.600. The van der Waals surface area contributed by atoms with Crippen LogP contribution in [0.3, 0.4) is 0 Å². The first-order valence-corrected chi connectivity index (χ1v) is 4.75. The summed E-state index contributed by atoms with van der Waals surface area (Å²) in [5, 5.41) is 13.1. The summed E-state index contributed by atoms with van der Waals surface area (Å²) < 4.78 is 1.53. The molecule has 4 nitrogen and oxygen atoms in total. The maximum absolute atomic E-state index is 11.0. The van der Waals surface area contributed by atoms with Gasteiger partial charge in [-0.25, -0.2) is 4.79 Å². The van der Waals surface area contributed by atoms with Crippen LogP contribution in [0.25, 0.3) is 0 Å². The number of rotatable bonds is 4. The first-order chi connectivity index (χ1) is 6.50. The standard InChI is InChI=1S/C10H16N2O2/c1-7(2)6-9(10(13)14)12-5-4-8(3)11-12/h4-5,7,9H,6H2,1-3H3,(H,13,14). The van der Waals surface area contributed by atoms with Crippen molar-refractivity contribution in [1.29, 1.82) is 0 Å². The van der Waals surface area contributed by atoms with Gasteiger partial charge in [0.25, 0.3) is 0 Å². The predicted molar refractivity (Wildman–Crippen MR) is 53.1 cm³/mol. The molecule has 0 fully saturated rings. The number of carbonyl (C=O) groups is 1. The smallest absolute Gasteiger partial charge is 0.328 e. The molecular weight excluding hydrogens is 180 g/mol. The molecule has 0 aliphatic heterocycles. The van der Waals surface area contributed by atoms with E-state index in [0.717, 1.165) is 5.69 Å². The van der Waals surface area contributed by atoms with E-state index in [1.807, 2.05) is 26.8 Å². The Balaban J connectivity index is 2.83. The normalized spacial score (nSPS) is 13.1. The summed E-state index contributed by atoms with van der Waals surface area (Å²) in [6.45, 7) is 5.86. The van der Waals surface area contributed by atoms with Crippen molar-refractivity contribution >= 4 is 5.97 Å². The van der Waals surface area contributed by atoms with Crippen LogP contribution >= 0.6 is 0 Å². The molecule has 78 valence electrons. The van der Waals surface area contributed by atoms with Crippen molar-refractivity contribution in [2.24, 2.45) is 5.92 Å². The summed E-state index contributed by atoms with van der Waals surface area (Å²) in [6.07, 6.45) is 2.33. The van der Waals surface area contributed by atoms with E-state index < -0.39 is 12.0 Å². The van der Waals surface area contributed by atoms with Crippen molar-refractivity contribution < 1.29 is 9.90 Å². The summed E-state index contributed by atoms with van der Waals surface area (Å²) in [4.78, 5) is 11.0. The summed E-state index contributed by atoms with van der Waals surface area (Å²) in [5.74, 6) is -0.470. The highest BCUT2D eigenvalue weighted by molar-refractivity contribution is 5.71. The Kier molecular flexibility index (Phi) is 3.28. The molecule has 0 amide bonds. The van der Waals surface area contributed by atoms with E-state index in [2.05, 4.69) is 5.10 Å². The van der Waals surface area contributed by atoms with Gasteiger partial charge in [0.2, 0.25) is 0 Å². The fourth-order valence-corrected chi connectivity index (χ4v) is 1.38. The summed E-state index contributed by atoms with van der Waals surface area (Å²) >= 11 is 0. The van der Waals surface area contributed by atoms with Crippen LogP contribution in [0, 0.1) is 12.8 Å². The van der Waals surface area contributed by atoms with E-state index in [1.165, 1.54) is 4.68 Å². The van der Waals surface area contributed by atoms with Gasteiger partial charge in [-0.2, -0.15) is 5.10 Å². The lowest BCUT2D eigenvalue weighted by atomic mass is 10.0. The maximum Gasteiger partial charge on any atom is 0.328 e. The SMILES string of the molecule is Cc1ccn(C(CC(C)C)C(=O)O)n1. The molecule has 0 saturated heterocycles. The van der Waals surface area contributed by atoms with Crippen molar-refractivity contribution in [1.82, 2.24) is 9.78 Å². The fourth-order valence-electron chi connectivity index (χ4n) is 1.38. The van der Waals surface area contributed by atoms with Crippen molar-refractivity contribution in [2.45, 2.75) is 33.2 Å². The van der Waals surface area contributed by atoms with Crippen molar-refractivity contribution in [2.75, 3.05) is 0 Å². The third kappa shape index (κ3) is 2.58. The lowest BCUT2D eigenvalue weighted by Crippen LogP contribution is -2.21. The van der Waals surface area contributed by atoms with Crippen LogP contribution in [0.1, 0.15) is 32.0 Å². The molecule has 0 bridgehead atoms. The lowest BCUT2D eigenvalue weighted by Gasteiger charge is -2.14. The van der Waals surface area contributed by atoms with Crippen LogP contribution in [0.15, 0.2) is 12.3 Å². The topological polar surface area (TPSA) is 55.1 Å². The zero-order chi connectivity index (χ0) is 10.7. The van der Waals surface area contributed by atoms with Gasteiger partial charge in [0.05, 0.1) is 5.69 Å². The Morgan fingerprint density at radius 1 is 1.64 bits per heavy atom. The molecular formula is C10H16N2O2. The molecule has 0 aromatic carbocycles. The van der Waals surface area contributed by atoms with E-state index in [9.17, 15) is 4.79 Å². The summed E-state index contributed by atoms with van der Waals surface area (Å²) in [7, 11) is 0. The number of carboxylic acids is 1. The van der Waals surface area contributed by atoms with Gasteiger partial charge in [-0.3, -0.25) is 4.68 Å². The highest BCUT2D eigenvalue weighted by atomic mass is 16.4. The third-order valence-corrected chi connectivity index (χ3v) is 2.04. The molecule has 1 rings (SSSR count). The Morgan fingerprint density at radius 3 is 2.64 bits per heavy atom. The first-order valence-electron chi connectivity index (χ1n) is 4.75. The molecule has 1 aromatic heterocycles. The van der Waals surface area contributed by atoms with Crippen molar-refractivity contribution in [3.63, 3.8) is 0 Å². The highest BCUT2D eigenvalue weighted by Gasteiger charge is 2.21. The highest BCUT2D eigenvalue weighted by Crippen LogP contribution is 2.17. The molecule has 1 aromatic rings. The third-order valence-electron chi connectivity index (χ3n) is 2.04. The van der Waals surface area contributed by atoms with Crippen LogP contribution in [0.5, 0.6) is 0 Å². The summed E-state index contributed by atoms with van der Waals surface area (Å²) in [5.41, 5.74) is 0.847. The number of hydrogen-bond donors (Lipinski definition) is 1. The van der Waals surface area contributed by atoms with Crippen LogP contribution in [-0.2, 0) is 4.79 Å². The van der Waals surface area contributed by atoms with Crippen LogP contribution < -0.4 is 0 Å². The molecule has 0 aliphatic carbocycles. The summed E-state index contributed by atoms with van der Waals surface area (Å²) in [6, 6.07) is 1.28. The van der Waals surface area contributed by atoms with E-state index in [0.29, 0.717) is 12.3 Å². The number of aromatic nitrogens is 2. The van der Waals surface area contributed by atoms with Crippen molar-refractivity contribution in [3.8, 4) is 0 Å². The predicted octanol–water partition coefficient (Wildman–Crippen LogP) is 1.86. The van der Waals surface area contributed by atoms with Crippen LogP contribution in [0.2, 0.25) is 0 Å². The molecule has 0 aliphatic rings. The number of nitrogens with zero attached hydrogens (tertiary/aromatic N) is 2. The van der Waals surface area contributed by atoms with Gasteiger partial charge in [0, 0.05) is 6.20 Å². The van der Waals surface area contributed by atoms with Gasteiger partial charge in [-0.1, -0.05) is 13.8 Å². The van der Waals surface area contributed by atoms with Gasteiger partial charge < -0.3 is 5.11 Å². The van der Waals surface area contributed by atoms with Crippen LogP contribution in [0.4, 0.5) is 0 Å². The zero-order valence-corrected chi connectivity index (χ0v) is 8.77. The molecule has 4 heteroatoms. The molecule has 1 N–H and O–H groups in total. The molecule has 1 unspecified atom stereocenters. The quantitative estimate of drug-likeness (QED) is 0.799. The molecule has 14 heavy (non-hydrogen) atoms. The van der Waals surface area contributed by atoms with E-state index in [1.54, 1.807) is 6.20 Å². The number of hydrogen-bond acceptors (Lipinski definition) is 2. The second-order valence-electron chi connectivity index (χ2n) is 3.92. The molecule has 1 atom stereocenters. The van der Waals surface area contributed by atoms with Gasteiger partial charge in [0.15, 0.2) is 0 Å². The van der Waals surface area contributed by atoms with E-state index in [-0.39, 0.29) is 0 Å². The zero-order valence-electron chi connectivity index (χ0n) is 8.77. The van der Waals surface area contributed by atoms with Crippen LogP contribution in [-0.4, -0.2) is 20.9 Å². The van der Waals surface area contributed by atoms with Crippen molar-refractivity contribution in [3.05, 3.63) is 18.0 Å². The number of aryl methyl sites for hydroxylation is 1. The van der Waals surface area contributed by atoms with Gasteiger partial charge in [-0.15, -0.1) is 0 Å². The number of carboxylic acid groups (broad SMARTS) is 1. The minimum atomic E-state index is -0.818. The molecule has 0 spiro atoms. The van der Waals surface area contributed by atoms with Gasteiger partial charge >= 0.3 is 5.97 Å². The Labute approximate surface area is 83.5 Å². The monoisotopic (exact) mass is 196 g/mol. The molecule has 0 saturated carbocycles. The average molecular weight is 196 g/mol. The molecule has 1 heterocycles. The second-order valence-corrected chi connectivity index (χ2v) is 3.92. The molecule has 0 radical (unpaired) electrons. The maximum atomic E-state index is 11.0. The minimum absolute atomic E-state index is 0.348. The lowest BCUT2D eigenvalue weighted by molar-refractivity contribution is -0.141. The Morgan fingerprint density at radius 2 is 2.29 bits per heavy atom. The second kappa shape index (κ2) is 4.26. The van der Waals surface area contributed by atoms with Gasteiger partial charge in [-0.05, 0) is 25.3 Å². The van der Waals surface area contributed by atoms with E-state index >= 15 is 0 Å². The minimum Gasteiger partial charge on any atom is -0.480 e. The number of aliphatic carboxylic acids is 1. The Bertz CT molecular complexity index is 318. The Hall–Kier alpha value is -1.32. The largest absolute Gasteiger partial charge is 0.480 e.